The Bertz CT molecular complexity index is 613. The van der Waals surface area contributed by atoms with Gasteiger partial charge in [-0.1, -0.05) is 0 Å². The van der Waals surface area contributed by atoms with Gasteiger partial charge in [-0.3, -0.25) is 14.4 Å². The van der Waals surface area contributed by atoms with Crippen molar-refractivity contribution < 1.29 is 33.4 Å². The summed E-state index contributed by atoms with van der Waals surface area (Å²) in [4.78, 5) is 50.6. The average molecular weight is 386 g/mol. The van der Waals surface area contributed by atoms with Gasteiger partial charge in [0.15, 0.2) is 0 Å². The van der Waals surface area contributed by atoms with Crippen molar-refractivity contribution in [2.24, 2.45) is 11.3 Å². The molecule has 4 atom stereocenters. The van der Waals surface area contributed by atoms with Gasteiger partial charge in [0.1, 0.15) is 11.0 Å². The molecule has 0 spiro atoms. The Morgan fingerprint density at radius 3 is 2.07 bits per heavy atom. The van der Waals surface area contributed by atoms with Crippen LogP contribution in [0.4, 0.5) is 4.79 Å². The van der Waals surface area contributed by atoms with Crippen LogP contribution in [0.5, 0.6) is 0 Å². The van der Waals surface area contributed by atoms with Gasteiger partial charge in [0.05, 0.1) is 32.2 Å². The van der Waals surface area contributed by atoms with Crippen LogP contribution < -0.4 is 5.32 Å². The molecule has 0 aromatic rings. The fraction of sp³-hybridized carbons (Fsp3) is 0.778. The van der Waals surface area contributed by atoms with Crippen LogP contribution in [0, 0.1) is 11.3 Å². The molecule has 0 bridgehead atoms. The number of methoxy groups -OCH3 is 2. The van der Waals surface area contributed by atoms with Crippen molar-refractivity contribution in [1.29, 1.82) is 0 Å². The summed E-state index contributed by atoms with van der Waals surface area (Å²) in [5.74, 6) is -2.54. The highest BCUT2D eigenvalue weighted by molar-refractivity contribution is 5.88. The molecule has 0 aromatic carbocycles. The van der Waals surface area contributed by atoms with Gasteiger partial charge >= 0.3 is 18.0 Å². The summed E-state index contributed by atoms with van der Waals surface area (Å²) in [6.45, 7) is 8.01. The first kappa shape index (κ1) is 22.7. The molecule has 1 rings (SSSR count). The zero-order valence-corrected chi connectivity index (χ0v) is 17.2. The predicted octanol–water partition coefficient (Wildman–Crippen LogP) is 1.10. The number of hydrogen-bond donors (Lipinski definition) is 1. The molecule has 1 fully saturated rings. The van der Waals surface area contributed by atoms with E-state index in [4.69, 9.17) is 14.2 Å². The summed E-state index contributed by atoms with van der Waals surface area (Å²) in [5.41, 5.74) is -2.18. The first-order valence-corrected chi connectivity index (χ1v) is 8.68. The van der Waals surface area contributed by atoms with E-state index in [-0.39, 0.29) is 12.3 Å². The van der Waals surface area contributed by atoms with E-state index in [9.17, 15) is 19.2 Å². The lowest BCUT2D eigenvalue weighted by atomic mass is 9.76. The Morgan fingerprint density at radius 1 is 1.11 bits per heavy atom. The second-order valence-corrected chi connectivity index (χ2v) is 7.93. The summed E-state index contributed by atoms with van der Waals surface area (Å²) in [6.07, 6.45) is -0.557. The molecule has 1 unspecified atom stereocenters. The van der Waals surface area contributed by atoms with E-state index in [2.05, 4.69) is 5.32 Å². The van der Waals surface area contributed by atoms with Crippen LogP contribution in [-0.4, -0.2) is 67.8 Å². The van der Waals surface area contributed by atoms with Crippen molar-refractivity contribution in [3.8, 4) is 0 Å². The Morgan fingerprint density at radius 2 is 1.67 bits per heavy atom. The van der Waals surface area contributed by atoms with Gasteiger partial charge in [-0.25, -0.2) is 4.79 Å². The predicted molar refractivity (Wildman–Crippen MR) is 95.6 cm³/mol. The SMILES string of the molecule is COC(=O)C1C[C@H](NC(C)=O)[C@@H](N(C)C(=O)OC(C)(C)C)[C@@]1(C)C(=O)OC. The lowest BCUT2D eigenvalue weighted by molar-refractivity contribution is -0.166. The molecule has 0 heterocycles. The molecule has 0 radical (unpaired) electrons. The van der Waals surface area contributed by atoms with E-state index in [0.29, 0.717) is 0 Å². The summed E-state index contributed by atoms with van der Waals surface area (Å²) in [7, 11) is 3.89. The van der Waals surface area contributed by atoms with Crippen molar-refractivity contribution in [3.63, 3.8) is 0 Å². The summed E-state index contributed by atoms with van der Waals surface area (Å²) in [5, 5.41) is 2.73. The van der Waals surface area contributed by atoms with Crippen molar-refractivity contribution in [2.75, 3.05) is 21.3 Å². The molecule has 1 N–H and O–H groups in total. The highest BCUT2D eigenvalue weighted by Gasteiger charge is 2.63. The van der Waals surface area contributed by atoms with E-state index in [1.165, 1.54) is 40.0 Å². The van der Waals surface area contributed by atoms with Gasteiger partial charge in [-0.05, 0) is 34.1 Å². The topological polar surface area (TPSA) is 111 Å². The first-order chi connectivity index (χ1) is 12.3. The molecule has 2 amide bonds. The minimum absolute atomic E-state index is 0.121. The second kappa shape index (κ2) is 8.14. The number of rotatable bonds is 4. The van der Waals surface area contributed by atoms with Crippen molar-refractivity contribution in [2.45, 2.75) is 58.7 Å². The zero-order valence-electron chi connectivity index (χ0n) is 17.2. The maximum Gasteiger partial charge on any atom is 0.410 e. The van der Waals surface area contributed by atoms with Gasteiger partial charge < -0.3 is 24.4 Å². The number of amides is 2. The molecule has 1 saturated carbocycles. The molecule has 1 aliphatic rings. The Labute approximate surface area is 159 Å². The number of hydrogen-bond acceptors (Lipinski definition) is 7. The number of likely N-dealkylation sites (N-methyl/N-ethyl adjacent to an activating group) is 1. The monoisotopic (exact) mass is 386 g/mol. The minimum atomic E-state index is -1.43. The molecular weight excluding hydrogens is 356 g/mol. The molecule has 0 aliphatic heterocycles. The number of carbonyl (C=O) groups is 4. The van der Waals surface area contributed by atoms with E-state index in [1.54, 1.807) is 20.8 Å². The van der Waals surface area contributed by atoms with Crippen LogP contribution in [0.15, 0.2) is 0 Å². The van der Waals surface area contributed by atoms with Gasteiger partial charge in [0.2, 0.25) is 5.91 Å². The van der Waals surface area contributed by atoms with Crippen LogP contribution in [0.3, 0.4) is 0 Å². The highest BCUT2D eigenvalue weighted by atomic mass is 16.6. The maximum atomic E-state index is 12.7. The maximum absolute atomic E-state index is 12.7. The highest BCUT2D eigenvalue weighted by Crippen LogP contribution is 2.47. The number of esters is 2. The molecule has 154 valence electrons. The lowest BCUT2D eigenvalue weighted by Crippen LogP contribution is -2.58. The Kier molecular flexibility index (Phi) is 6.85. The van der Waals surface area contributed by atoms with E-state index < -0.39 is 47.0 Å². The fourth-order valence-electron chi connectivity index (χ4n) is 3.74. The average Bonchev–Trinajstić information content (AvgIpc) is 2.83. The number of carbonyl (C=O) groups excluding carboxylic acids is 4. The third-order valence-electron chi connectivity index (χ3n) is 4.81. The summed E-state index contributed by atoms with van der Waals surface area (Å²) in [6, 6.07) is -1.53. The van der Waals surface area contributed by atoms with Gasteiger partial charge in [-0.2, -0.15) is 0 Å². The van der Waals surface area contributed by atoms with Crippen LogP contribution in [-0.2, 0) is 28.6 Å². The van der Waals surface area contributed by atoms with Gasteiger partial charge in [0, 0.05) is 14.0 Å². The normalized spacial score (nSPS) is 27.5. The molecule has 0 saturated heterocycles. The largest absolute Gasteiger partial charge is 0.469 e. The van der Waals surface area contributed by atoms with Crippen molar-refractivity contribution in [1.82, 2.24) is 10.2 Å². The van der Waals surface area contributed by atoms with Crippen LogP contribution >= 0.6 is 0 Å². The second-order valence-electron chi connectivity index (χ2n) is 7.93. The Balaban J connectivity index is 3.43. The number of nitrogens with zero attached hydrogens (tertiary/aromatic N) is 1. The van der Waals surface area contributed by atoms with Crippen molar-refractivity contribution in [3.05, 3.63) is 0 Å². The Hall–Kier alpha value is -2.32. The van der Waals surface area contributed by atoms with Crippen molar-refractivity contribution >= 4 is 23.9 Å². The van der Waals surface area contributed by atoms with E-state index >= 15 is 0 Å². The van der Waals surface area contributed by atoms with Crippen LogP contribution in [0.25, 0.3) is 0 Å². The van der Waals surface area contributed by atoms with Gasteiger partial charge in [0.25, 0.3) is 0 Å². The fourth-order valence-corrected chi connectivity index (χ4v) is 3.74. The number of ether oxygens (including phenoxy) is 3. The molecule has 9 nitrogen and oxygen atoms in total. The summed E-state index contributed by atoms with van der Waals surface area (Å²) >= 11 is 0. The third kappa shape index (κ3) is 4.70. The standard InChI is InChI=1S/C18H30N2O7/c1-10(21)19-12-9-11(14(22)25-7)18(5,15(23)26-8)13(12)20(6)16(24)27-17(2,3)4/h11-13H,9H2,1-8H3,(H,19,21)/t11?,12-,13+,18-/m0/s1. The minimum Gasteiger partial charge on any atom is -0.469 e. The molecule has 0 aromatic heterocycles. The zero-order chi connectivity index (χ0) is 21.2. The van der Waals surface area contributed by atoms with E-state index in [1.807, 2.05) is 0 Å². The molecular formula is C18H30N2O7. The lowest BCUT2D eigenvalue weighted by Gasteiger charge is -2.40. The first-order valence-electron chi connectivity index (χ1n) is 8.68. The molecule has 27 heavy (non-hydrogen) atoms. The quantitative estimate of drug-likeness (QED) is 0.569. The van der Waals surface area contributed by atoms with E-state index in [0.717, 1.165) is 0 Å². The number of nitrogens with one attached hydrogen (secondary N) is 1. The summed E-state index contributed by atoms with van der Waals surface area (Å²) < 4.78 is 15.2. The van der Waals surface area contributed by atoms with Crippen LogP contribution in [0.2, 0.25) is 0 Å². The smallest absolute Gasteiger partial charge is 0.410 e. The molecule has 1 aliphatic carbocycles. The third-order valence-corrected chi connectivity index (χ3v) is 4.81. The van der Waals surface area contributed by atoms with Crippen LogP contribution in [0.1, 0.15) is 41.0 Å². The molecule has 9 heteroatoms. The van der Waals surface area contributed by atoms with Gasteiger partial charge in [-0.15, -0.1) is 0 Å².